The predicted octanol–water partition coefficient (Wildman–Crippen LogP) is 2.03. The fraction of sp³-hybridized carbons (Fsp3) is 0.500. The van der Waals surface area contributed by atoms with Crippen LogP contribution < -0.4 is 5.32 Å². The van der Waals surface area contributed by atoms with E-state index in [1.54, 1.807) is 13.0 Å². The minimum Gasteiger partial charge on any atom is -0.396 e. The molecule has 0 radical (unpaired) electrons. The molecule has 2 N–H and O–H groups in total. The van der Waals surface area contributed by atoms with Gasteiger partial charge < -0.3 is 10.4 Å². The summed E-state index contributed by atoms with van der Waals surface area (Å²) in [5.41, 5.74) is 1.16. The zero-order valence-corrected chi connectivity index (χ0v) is 10.5. The number of halogens is 1. The zero-order chi connectivity index (χ0) is 13.2. The van der Waals surface area contributed by atoms with E-state index in [-0.39, 0.29) is 17.9 Å². The minimum absolute atomic E-state index is 0.0762. The Hall–Kier alpha value is -1.42. The number of hydrogen-bond donors (Lipinski definition) is 2. The number of rotatable bonds is 5. The van der Waals surface area contributed by atoms with Gasteiger partial charge in [0, 0.05) is 18.7 Å². The Labute approximate surface area is 106 Å². The van der Waals surface area contributed by atoms with Gasteiger partial charge in [0.1, 0.15) is 5.82 Å². The summed E-state index contributed by atoms with van der Waals surface area (Å²) >= 11 is 0. The van der Waals surface area contributed by atoms with Crippen molar-refractivity contribution in [3.8, 4) is 0 Å². The second-order valence-electron chi connectivity index (χ2n) is 5.17. The number of hydrogen-bond acceptors (Lipinski definition) is 2. The Morgan fingerprint density at radius 3 is 2.72 bits per heavy atom. The lowest BCUT2D eigenvalue weighted by molar-refractivity contribution is 0.0940. The Bertz CT molecular complexity index is 435. The normalized spacial score (nSPS) is 16.4. The van der Waals surface area contributed by atoms with E-state index >= 15 is 0 Å². The molecule has 0 heterocycles. The number of carbonyl (C=O) groups excluding carboxylic acids is 1. The van der Waals surface area contributed by atoms with E-state index in [0.717, 1.165) is 24.8 Å². The molecule has 0 spiro atoms. The molecule has 1 fully saturated rings. The standard InChI is InChI=1S/C14H18FNO2/c1-10-6-11(8-12(15)7-10)13(18)16-9-14(2-3-14)4-5-17/h6-8,17H,2-5,9H2,1H3,(H,16,18). The molecule has 1 amide bonds. The summed E-state index contributed by atoms with van der Waals surface area (Å²) in [6, 6.07) is 4.31. The molecule has 1 aliphatic carbocycles. The highest BCUT2D eigenvalue weighted by molar-refractivity contribution is 5.94. The van der Waals surface area contributed by atoms with Gasteiger partial charge in [0.2, 0.25) is 0 Å². The van der Waals surface area contributed by atoms with Crippen molar-refractivity contribution in [2.45, 2.75) is 26.2 Å². The lowest BCUT2D eigenvalue weighted by atomic mass is 10.0. The molecule has 0 saturated heterocycles. The molecule has 98 valence electrons. The van der Waals surface area contributed by atoms with Gasteiger partial charge in [-0.25, -0.2) is 4.39 Å². The topological polar surface area (TPSA) is 49.3 Å². The summed E-state index contributed by atoms with van der Waals surface area (Å²) in [5, 5.41) is 11.8. The van der Waals surface area contributed by atoms with E-state index in [9.17, 15) is 9.18 Å². The van der Waals surface area contributed by atoms with E-state index < -0.39 is 5.82 Å². The van der Waals surface area contributed by atoms with Crippen molar-refractivity contribution in [3.63, 3.8) is 0 Å². The summed E-state index contributed by atoms with van der Waals surface area (Å²) in [7, 11) is 0. The third kappa shape index (κ3) is 3.07. The summed E-state index contributed by atoms with van der Waals surface area (Å²) in [5.74, 6) is -0.640. The van der Waals surface area contributed by atoms with Crippen LogP contribution >= 0.6 is 0 Å². The Morgan fingerprint density at radius 2 is 2.17 bits per heavy atom. The highest BCUT2D eigenvalue weighted by atomic mass is 19.1. The molecule has 0 bridgehead atoms. The van der Waals surface area contributed by atoms with Crippen LogP contribution in [0.1, 0.15) is 35.2 Å². The fourth-order valence-electron chi connectivity index (χ4n) is 2.17. The molecule has 0 atom stereocenters. The van der Waals surface area contributed by atoms with E-state index in [1.165, 1.54) is 12.1 Å². The zero-order valence-electron chi connectivity index (χ0n) is 10.5. The van der Waals surface area contributed by atoms with Crippen molar-refractivity contribution in [2.75, 3.05) is 13.2 Å². The van der Waals surface area contributed by atoms with Crippen molar-refractivity contribution in [1.82, 2.24) is 5.32 Å². The summed E-state index contributed by atoms with van der Waals surface area (Å²) < 4.78 is 13.2. The van der Waals surface area contributed by atoms with Crippen molar-refractivity contribution < 1.29 is 14.3 Å². The molecule has 18 heavy (non-hydrogen) atoms. The molecule has 1 aliphatic rings. The number of nitrogens with one attached hydrogen (secondary N) is 1. The number of amides is 1. The van der Waals surface area contributed by atoms with Gasteiger partial charge in [0.05, 0.1) is 0 Å². The van der Waals surface area contributed by atoms with Gasteiger partial charge in [-0.3, -0.25) is 4.79 Å². The maximum Gasteiger partial charge on any atom is 0.251 e. The first-order valence-corrected chi connectivity index (χ1v) is 6.21. The van der Waals surface area contributed by atoms with Crippen molar-refractivity contribution in [1.29, 1.82) is 0 Å². The van der Waals surface area contributed by atoms with Crippen LogP contribution in [-0.2, 0) is 0 Å². The van der Waals surface area contributed by atoms with Gasteiger partial charge >= 0.3 is 0 Å². The highest BCUT2D eigenvalue weighted by Gasteiger charge is 2.41. The summed E-state index contributed by atoms with van der Waals surface area (Å²) in [4.78, 5) is 11.9. The van der Waals surface area contributed by atoms with Crippen LogP contribution in [0, 0.1) is 18.2 Å². The lowest BCUT2D eigenvalue weighted by Crippen LogP contribution is -2.30. The maximum absolute atomic E-state index is 13.2. The Balaban J connectivity index is 1.95. The number of carbonyl (C=O) groups is 1. The average molecular weight is 251 g/mol. The second-order valence-corrected chi connectivity index (χ2v) is 5.17. The van der Waals surface area contributed by atoms with E-state index in [0.29, 0.717) is 12.1 Å². The average Bonchev–Trinajstić information content (AvgIpc) is 3.06. The van der Waals surface area contributed by atoms with Crippen LogP contribution in [0.15, 0.2) is 18.2 Å². The molecule has 4 heteroatoms. The third-order valence-corrected chi connectivity index (χ3v) is 3.53. The van der Waals surface area contributed by atoms with E-state index in [1.807, 2.05) is 0 Å². The van der Waals surface area contributed by atoms with Crippen molar-refractivity contribution >= 4 is 5.91 Å². The molecular weight excluding hydrogens is 233 g/mol. The molecule has 0 aromatic heterocycles. The smallest absolute Gasteiger partial charge is 0.251 e. The molecule has 0 aliphatic heterocycles. The van der Waals surface area contributed by atoms with Crippen molar-refractivity contribution in [3.05, 3.63) is 35.1 Å². The molecular formula is C14H18FNO2. The van der Waals surface area contributed by atoms with Gasteiger partial charge in [-0.2, -0.15) is 0 Å². The highest BCUT2D eigenvalue weighted by Crippen LogP contribution is 2.47. The first-order chi connectivity index (χ1) is 8.54. The van der Waals surface area contributed by atoms with Crippen LogP contribution in [0.5, 0.6) is 0 Å². The van der Waals surface area contributed by atoms with Crippen LogP contribution in [-0.4, -0.2) is 24.2 Å². The number of aliphatic hydroxyl groups excluding tert-OH is 1. The van der Waals surface area contributed by atoms with Crippen LogP contribution in [0.25, 0.3) is 0 Å². The fourth-order valence-corrected chi connectivity index (χ4v) is 2.17. The first-order valence-electron chi connectivity index (χ1n) is 6.21. The van der Waals surface area contributed by atoms with Gasteiger partial charge in [-0.15, -0.1) is 0 Å². The van der Waals surface area contributed by atoms with Crippen LogP contribution in [0.4, 0.5) is 4.39 Å². The lowest BCUT2D eigenvalue weighted by Gasteiger charge is -2.14. The van der Waals surface area contributed by atoms with Gasteiger partial charge in [0.15, 0.2) is 0 Å². The Morgan fingerprint density at radius 1 is 1.44 bits per heavy atom. The largest absolute Gasteiger partial charge is 0.396 e. The molecule has 0 unspecified atom stereocenters. The van der Waals surface area contributed by atoms with Gasteiger partial charge in [0.25, 0.3) is 5.91 Å². The van der Waals surface area contributed by atoms with Crippen LogP contribution in [0.3, 0.4) is 0 Å². The number of aliphatic hydroxyl groups is 1. The first kappa shape index (κ1) is 13.0. The van der Waals surface area contributed by atoms with E-state index in [2.05, 4.69) is 5.32 Å². The molecule has 1 saturated carbocycles. The Kier molecular flexibility index (Phi) is 3.66. The SMILES string of the molecule is Cc1cc(F)cc(C(=O)NCC2(CCO)CC2)c1. The van der Waals surface area contributed by atoms with Crippen LogP contribution in [0.2, 0.25) is 0 Å². The minimum atomic E-state index is -0.392. The van der Waals surface area contributed by atoms with E-state index in [4.69, 9.17) is 5.11 Å². The molecule has 1 aromatic carbocycles. The second kappa shape index (κ2) is 5.06. The molecule has 1 aromatic rings. The molecule has 3 nitrogen and oxygen atoms in total. The van der Waals surface area contributed by atoms with Gasteiger partial charge in [-0.05, 0) is 55.4 Å². The number of benzene rings is 1. The number of aryl methyl sites for hydroxylation is 1. The molecule has 2 rings (SSSR count). The van der Waals surface area contributed by atoms with Gasteiger partial charge in [-0.1, -0.05) is 0 Å². The maximum atomic E-state index is 13.2. The monoisotopic (exact) mass is 251 g/mol. The van der Waals surface area contributed by atoms with Crippen molar-refractivity contribution in [2.24, 2.45) is 5.41 Å². The third-order valence-electron chi connectivity index (χ3n) is 3.53. The summed E-state index contributed by atoms with van der Waals surface area (Å²) in [6.07, 6.45) is 2.79. The predicted molar refractivity (Wildman–Crippen MR) is 66.8 cm³/mol. The quantitative estimate of drug-likeness (QED) is 0.841. The summed E-state index contributed by atoms with van der Waals surface area (Å²) in [6.45, 7) is 2.46.